The molecule has 0 aliphatic carbocycles. The maximum absolute atomic E-state index is 11.3. The lowest BCUT2D eigenvalue weighted by molar-refractivity contribution is -0.143. The van der Waals surface area contributed by atoms with Crippen molar-refractivity contribution >= 4 is 45.1 Å². The summed E-state index contributed by atoms with van der Waals surface area (Å²) in [5, 5.41) is 11.2. The van der Waals surface area contributed by atoms with E-state index in [1.54, 1.807) is 18.2 Å². The van der Waals surface area contributed by atoms with Crippen LogP contribution >= 0.6 is 27.5 Å². The van der Waals surface area contributed by atoms with Crippen LogP contribution in [-0.4, -0.2) is 30.2 Å². The number of amides is 1. The molecule has 7 heteroatoms. The number of ether oxygens (including phenoxy) is 1. The number of hydrogen-bond acceptors (Lipinski definition) is 3. The predicted octanol–water partition coefficient (Wildman–Crippen LogP) is 2.14. The molecule has 0 bridgehead atoms. The van der Waals surface area contributed by atoms with E-state index >= 15 is 0 Å². The highest BCUT2D eigenvalue weighted by Gasteiger charge is 2.07. The summed E-state index contributed by atoms with van der Waals surface area (Å²) in [6, 6.07) is 4.98. The van der Waals surface area contributed by atoms with Gasteiger partial charge in [0.25, 0.3) is 0 Å². The van der Waals surface area contributed by atoms with Crippen LogP contribution in [0, 0.1) is 0 Å². The Balaban J connectivity index is 2.48. The van der Waals surface area contributed by atoms with E-state index in [1.807, 2.05) is 0 Å². The maximum Gasteiger partial charge on any atom is 0.329 e. The molecule has 0 saturated heterocycles. The Hall–Kier alpha value is -1.11. The van der Waals surface area contributed by atoms with E-state index in [1.165, 1.54) is 0 Å². The van der Waals surface area contributed by atoms with Crippen molar-refractivity contribution in [2.45, 2.75) is 0 Å². The largest absolute Gasteiger partial charge is 0.480 e. The Morgan fingerprint density at radius 2 is 2.12 bits per heavy atom. The number of anilines is 1. The third-order valence-electron chi connectivity index (χ3n) is 1.66. The predicted molar refractivity (Wildman–Crippen MR) is 66.2 cm³/mol. The number of rotatable bonds is 5. The zero-order valence-corrected chi connectivity index (χ0v) is 10.9. The van der Waals surface area contributed by atoms with Crippen molar-refractivity contribution in [1.29, 1.82) is 0 Å². The zero-order chi connectivity index (χ0) is 12.8. The molecule has 92 valence electrons. The van der Waals surface area contributed by atoms with Crippen LogP contribution < -0.4 is 5.32 Å². The van der Waals surface area contributed by atoms with Gasteiger partial charge in [-0.15, -0.1) is 0 Å². The van der Waals surface area contributed by atoms with Crippen LogP contribution in [0.1, 0.15) is 0 Å². The molecule has 0 fully saturated rings. The SMILES string of the molecule is O=C(O)COCC(=O)Nc1ccc(Br)cc1Cl. The fourth-order valence-corrected chi connectivity index (χ4v) is 1.73. The molecule has 0 saturated carbocycles. The van der Waals surface area contributed by atoms with Gasteiger partial charge >= 0.3 is 5.97 Å². The van der Waals surface area contributed by atoms with Crippen molar-refractivity contribution < 1.29 is 19.4 Å². The summed E-state index contributed by atoms with van der Waals surface area (Å²) < 4.78 is 5.42. The molecular formula is C10H9BrClNO4. The van der Waals surface area contributed by atoms with Crippen LogP contribution in [0.15, 0.2) is 22.7 Å². The van der Waals surface area contributed by atoms with E-state index in [4.69, 9.17) is 16.7 Å². The van der Waals surface area contributed by atoms with Crippen molar-refractivity contribution in [2.24, 2.45) is 0 Å². The molecule has 0 radical (unpaired) electrons. The second kappa shape index (κ2) is 6.58. The second-order valence-electron chi connectivity index (χ2n) is 3.06. The molecule has 1 aromatic rings. The lowest BCUT2D eigenvalue weighted by atomic mass is 10.3. The fraction of sp³-hybridized carbons (Fsp3) is 0.200. The highest BCUT2D eigenvalue weighted by molar-refractivity contribution is 9.10. The van der Waals surface area contributed by atoms with Gasteiger partial charge in [-0.2, -0.15) is 0 Å². The minimum Gasteiger partial charge on any atom is -0.480 e. The summed E-state index contributed by atoms with van der Waals surface area (Å²) >= 11 is 9.11. The fourth-order valence-electron chi connectivity index (χ4n) is 1.01. The Morgan fingerprint density at radius 3 is 2.71 bits per heavy atom. The Morgan fingerprint density at radius 1 is 1.41 bits per heavy atom. The van der Waals surface area contributed by atoms with Crippen molar-refractivity contribution in [3.63, 3.8) is 0 Å². The summed E-state index contributed by atoms with van der Waals surface area (Å²) in [6.07, 6.45) is 0. The normalized spacial score (nSPS) is 10.0. The van der Waals surface area contributed by atoms with Gasteiger partial charge in [0.2, 0.25) is 5.91 Å². The number of aliphatic carboxylic acids is 1. The first-order chi connectivity index (χ1) is 7.99. The number of carboxylic acids is 1. The smallest absolute Gasteiger partial charge is 0.329 e. The van der Waals surface area contributed by atoms with Crippen LogP contribution in [0.25, 0.3) is 0 Å². The molecule has 0 spiro atoms. The van der Waals surface area contributed by atoms with Gasteiger partial charge in [-0.25, -0.2) is 4.79 Å². The standard InChI is InChI=1S/C10H9BrClNO4/c11-6-1-2-8(7(12)3-6)13-9(14)4-17-5-10(15)16/h1-3H,4-5H2,(H,13,14)(H,15,16). The molecule has 0 aliphatic rings. The summed E-state index contributed by atoms with van der Waals surface area (Å²) in [7, 11) is 0. The third kappa shape index (κ3) is 5.16. The lowest BCUT2D eigenvalue weighted by Gasteiger charge is -2.07. The topological polar surface area (TPSA) is 75.6 Å². The van der Waals surface area contributed by atoms with Crippen LogP contribution in [0.4, 0.5) is 5.69 Å². The number of hydrogen-bond donors (Lipinski definition) is 2. The van der Waals surface area contributed by atoms with E-state index in [0.717, 1.165) is 4.47 Å². The second-order valence-corrected chi connectivity index (χ2v) is 4.38. The first-order valence-corrected chi connectivity index (χ1v) is 5.70. The minimum absolute atomic E-state index is 0.335. The van der Waals surface area contributed by atoms with Crippen molar-refractivity contribution in [2.75, 3.05) is 18.5 Å². The molecule has 17 heavy (non-hydrogen) atoms. The summed E-state index contributed by atoms with van der Waals surface area (Å²) in [5.41, 5.74) is 0.443. The van der Waals surface area contributed by atoms with Gasteiger partial charge in [0.15, 0.2) is 0 Å². The van der Waals surface area contributed by atoms with Gasteiger partial charge in [-0.3, -0.25) is 4.79 Å². The van der Waals surface area contributed by atoms with E-state index in [9.17, 15) is 9.59 Å². The highest BCUT2D eigenvalue weighted by Crippen LogP contribution is 2.25. The molecule has 0 atom stereocenters. The number of carbonyl (C=O) groups is 2. The van der Waals surface area contributed by atoms with E-state index in [-0.39, 0.29) is 6.61 Å². The molecule has 0 heterocycles. The molecule has 0 aromatic heterocycles. The average molecular weight is 323 g/mol. The minimum atomic E-state index is -1.13. The molecule has 2 N–H and O–H groups in total. The number of benzene rings is 1. The average Bonchev–Trinajstić information content (AvgIpc) is 2.21. The van der Waals surface area contributed by atoms with Crippen LogP contribution in [0.3, 0.4) is 0 Å². The number of carbonyl (C=O) groups excluding carboxylic acids is 1. The highest BCUT2D eigenvalue weighted by atomic mass is 79.9. The molecule has 0 unspecified atom stereocenters. The van der Waals surface area contributed by atoms with Gasteiger partial charge in [-0.1, -0.05) is 27.5 Å². The van der Waals surface area contributed by atoms with Gasteiger partial charge < -0.3 is 15.2 Å². The lowest BCUT2D eigenvalue weighted by Crippen LogP contribution is -2.20. The first-order valence-electron chi connectivity index (χ1n) is 4.53. The van der Waals surface area contributed by atoms with Crippen LogP contribution in [-0.2, 0) is 14.3 Å². The Labute approximate surface area is 111 Å². The van der Waals surface area contributed by atoms with Crippen molar-refractivity contribution in [1.82, 2.24) is 0 Å². The molecule has 5 nitrogen and oxygen atoms in total. The van der Waals surface area contributed by atoms with E-state index < -0.39 is 18.5 Å². The van der Waals surface area contributed by atoms with Crippen molar-refractivity contribution in [3.05, 3.63) is 27.7 Å². The third-order valence-corrected chi connectivity index (χ3v) is 2.47. The summed E-state index contributed by atoms with van der Waals surface area (Å²) in [5.74, 6) is -1.59. The molecule has 1 aromatic carbocycles. The van der Waals surface area contributed by atoms with E-state index in [0.29, 0.717) is 10.7 Å². The van der Waals surface area contributed by atoms with Crippen LogP contribution in [0.2, 0.25) is 5.02 Å². The van der Waals surface area contributed by atoms with Crippen LogP contribution in [0.5, 0.6) is 0 Å². The summed E-state index contributed by atoms with van der Waals surface area (Å²) in [6.45, 7) is -0.847. The van der Waals surface area contributed by atoms with E-state index in [2.05, 4.69) is 26.0 Å². The summed E-state index contributed by atoms with van der Waals surface area (Å²) in [4.78, 5) is 21.5. The van der Waals surface area contributed by atoms with Gasteiger partial charge in [0.05, 0.1) is 10.7 Å². The Bertz CT molecular complexity index is 438. The number of nitrogens with one attached hydrogen (secondary N) is 1. The van der Waals surface area contributed by atoms with Gasteiger partial charge in [0, 0.05) is 4.47 Å². The number of carboxylic acid groups (broad SMARTS) is 1. The monoisotopic (exact) mass is 321 g/mol. The van der Waals surface area contributed by atoms with Crippen molar-refractivity contribution in [3.8, 4) is 0 Å². The van der Waals surface area contributed by atoms with Gasteiger partial charge in [-0.05, 0) is 18.2 Å². The quantitative estimate of drug-likeness (QED) is 0.871. The number of halogens is 2. The maximum atomic E-state index is 11.3. The molecular weight excluding hydrogens is 313 g/mol. The van der Waals surface area contributed by atoms with Gasteiger partial charge in [0.1, 0.15) is 13.2 Å². The zero-order valence-electron chi connectivity index (χ0n) is 8.57. The Kier molecular flexibility index (Phi) is 5.40. The molecule has 1 amide bonds. The molecule has 0 aliphatic heterocycles. The first kappa shape index (κ1) is 14.0. The molecule has 1 rings (SSSR count).